The van der Waals surface area contributed by atoms with Gasteiger partial charge < -0.3 is 4.74 Å². The summed E-state index contributed by atoms with van der Waals surface area (Å²) in [5.74, 6) is 0.649. The third-order valence-electron chi connectivity index (χ3n) is 2.93. The Morgan fingerprint density at radius 1 is 1.00 bits per heavy atom. The molecule has 0 saturated carbocycles. The molecular formula is C16H13N3O2. The summed E-state index contributed by atoms with van der Waals surface area (Å²) in [5.41, 5.74) is 0. The van der Waals surface area contributed by atoms with Crippen molar-refractivity contribution in [3.8, 4) is 5.75 Å². The van der Waals surface area contributed by atoms with Crippen LogP contribution in [0.15, 0.2) is 60.9 Å². The molecule has 5 nitrogen and oxygen atoms in total. The number of nitrogens with one attached hydrogen (secondary N) is 1. The maximum Gasteiger partial charge on any atom is 0.264 e. The van der Waals surface area contributed by atoms with Crippen molar-refractivity contribution >= 4 is 22.6 Å². The molecule has 21 heavy (non-hydrogen) atoms. The van der Waals surface area contributed by atoms with E-state index in [4.69, 9.17) is 4.74 Å². The van der Waals surface area contributed by atoms with Crippen LogP contribution >= 0.6 is 0 Å². The van der Waals surface area contributed by atoms with Crippen molar-refractivity contribution in [1.29, 1.82) is 0 Å². The van der Waals surface area contributed by atoms with Gasteiger partial charge in [-0.25, -0.2) is 9.97 Å². The van der Waals surface area contributed by atoms with E-state index in [1.807, 2.05) is 42.5 Å². The zero-order valence-electron chi connectivity index (χ0n) is 11.2. The Morgan fingerprint density at radius 2 is 1.76 bits per heavy atom. The Hall–Kier alpha value is -2.95. The van der Waals surface area contributed by atoms with E-state index in [1.165, 1.54) is 0 Å². The zero-order valence-corrected chi connectivity index (χ0v) is 11.2. The Labute approximate surface area is 121 Å². The molecule has 0 aliphatic heterocycles. The third-order valence-corrected chi connectivity index (χ3v) is 2.93. The monoisotopic (exact) mass is 279 g/mol. The van der Waals surface area contributed by atoms with Crippen LogP contribution in [0.5, 0.6) is 5.75 Å². The average molecular weight is 279 g/mol. The summed E-state index contributed by atoms with van der Waals surface area (Å²) < 4.78 is 5.59. The van der Waals surface area contributed by atoms with Crippen LogP contribution in [0, 0.1) is 0 Å². The van der Waals surface area contributed by atoms with E-state index in [2.05, 4.69) is 15.3 Å². The minimum atomic E-state index is -0.297. The standard InChI is InChI=1S/C16H13N3O2/c20-15(19-16-17-9-4-10-18-16)11-21-14-8-3-6-12-5-1-2-7-13(12)14/h1-10H,11H2,(H,17,18,19,20). The highest BCUT2D eigenvalue weighted by Crippen LogP contribution is 2.24. The van der Waals surface area contributed by atoms with Gasteiger partial charge in [0, 0.05) is 17.8 Å². The molecule has 0 aliphatic rings. The molecule has 0 aliphatic carbocycles. The van der Waals surface area contributed by atoms with Crippen LogP contribution in [0.1, 0.15) is 0 Å². The van der Waals surface area contributed by atoms with Gasteiger partial charge in [0.05, 0.1) is 0 Å². The molecule has 1 N–H and O–H groups in total. The number of hydrogen-bond acceptors (Lipinski definition) is 4. The predicted molar refractivity (Wildman–Crippen MR) is 80.1 cm³/mol. The Bertz CT molecular complexity index is 754. The summed E-state index contributed by atoms with van der Waals surface area (Å²) in [6.07, 6.45) is 3.13. The van der Waals surface area contributed by atoms with Gasteiger partial charge in [-0.1, -0.05) is 36.4 Å². The van der Waals surface area contributed by atoms with Gasteiger partial charge in [-0.2, -0.15) is 0 Å². The molecule has 3 aromatic rings. The second-order valence-electron chi connectivity index (χ2n) is 4.39. The fraction of sp³-hybridized carbons (Fsp3) is 0.0625. The number of benzene rings is 2. The lowest BCUT2D eigenvalue weighted by Crippen LogP contribution is -2.21. The van der Waals surface area contributed by atoms with Gasteiger partial charge in [0.2, 0.25) is 5.95 Å². The van der Waals surface area contributed by atoms with Crippen molar-refractivity contribution < 1.29 is 9.53 Å². The van der Waals surface area contributed by atoms with Crippen LogP contribution in [0.3, 0.4) is 0 Å². The molecule has 0 unspecified atom stereocenters. The van der Waals surface area contributed by atoms with Crippen molar-refractivity contribution in [1.82, 2.24) is 9.97 Å². The maximum absolute atomic E-state index is 11.8. The molecule has 1 aromatic heterocycles. The minimum absolute atomic E-state index is 0.0910. The largest absolute Gasteiger partial charge is 0.483 e. The molecule has 0 radical (unpaired) electrons. The van der Waals surface area contributed by atoms with E-state index in [0.717, 1.165) is 10.8 Å². The lowest BCUT2D eigenvalue weighted by molar-refractivity contribution is -0.118. The second-order valence-corrected chi connectivity index (χ2v) is 4.39. The van der Waals surface area contributed by atoms with Gasteiger partial charge in [-0.3, -0.25) is 10.1 Å². The number of nitrogens with zero attached hydrogens (tertiary/aromatic N) is 2. The van der Waals surface area contributed by atoms with Gasteiger partial charge in [-0.05, 0) is 17.5 Å². The summed E-state index contributed by atoms with van der Waals surface area (Å²) >= 11 is 0. The Kier molecular flexibility index (Phi) is 3.73. The number of carbonyl (C=O) groups is 1. The molecule has 1 amide bonds. The van der Waals surface area contributed by atoms with Gasteiger partial charge in [0.25, 0.3) is 5.91 Å². The fourth-order valence-electron chi connectivity index (χ4n) is 1.99. The van der Waals surface area contributed by atoms with E-state index in [-0.39, 0.29) is 18.5 Å². The lowest BCUT2D eigenvalue weighted by Gasteiger charge is -2.09. The molecule has 0 bridgehead atoms. The number of fused-ring (bicyclic) bond motifs is 1. The molecule has 5 heteroatoms. The number of rotatable bonds is 4. The molecule has 3 rings (SSSR count). The molecule has 0 atom stereocenters. The number of anilines is 1. The van der Waals surface area contributed by atoms with Crippen molar-refractivity contribution in [2.24, 2.45) is 0 Å². The van der Waals surface area contributed by atoms with Crippen LogP contribution in [0.4, 0.5) is 5.95 Å². The SMILES string of the molecule is O=C(COc1cccc2ccccc12)Nc1ncccn1. The van der Waals surface area contributed by atoms with Gasteiger partial charge in [0.15, 0.2) is 6.61 Å². The second kappa shape index (κ2) is 6.00. The first kappa shape index (κ1) is 13.1. The van der Waals surface area contributed by atoms with Crippen molar-refractivity contribution in [2.45, 2.75) is 0 Å². The van der Waals surface area contributed by atoms with Crippen molar-refractivity contribution in [3.63, 3.8) is 0 Å². The number of ether oxygens (including phenoxy) is 1. The molecule has 104 valence electrons. The molecule has 0 saturated heterocycles. The van der Waals surface area contributed by atoms with Gasteiger partial charge >= 0.3 is 0 Å². The van der Waals surface area contributed by atoms with E-state index >= 15 is 0 Å². The highest BCUT2D eigenvalue weighted by atomic mass is 16.5. The molecule has 2 aromatic carbocycles. The third kappa shape index (κ3) is 3.14. The molecule has 1 heterocycles. The summed E-state index contributed by atoms with van der Waals surface area (Å²) in [6.45, 7) is -0.0910. The van der Waals surface area contributed by atoms with Crippen LogP contribution < -0.4 is 10.1 Å². The zero-order chi connectivity index (χ0) is 14.5. The maximum atomic E-state index is 11.8. The summed E-state index contributed by atoms with van der Waals surface area (Å²) in [4.78, 5) is 19.7. The van der Waals surface area contributed by atoms with Gasteiger partial charge in [0.1, 0.15) is 5.75 Å². The minimum Gasteiger partial charge on any atom is -0.483 e. The normalized spacial score (nSPS) is 10.3. The first-order valence-corrected chi connectivity index (χ1v) is 6.50. The van der Waals surface area contributed by atoms with Gasteiger partial charge in [-0.15, -0.1) is 0 Å². The van der Waals surface area contributed by atoms with E-state index in [9.17, 15) is 4.79 Å². The van der Waals surface area contributed by atoms with Crippen LogP contribution in [-0.2, 0) is 4.79 Å². The van der Waals surface area contributed by atoms with Crippen molar-refractivity contribution in [3.05, 3.63) is 60.9 Å². The fourth-order valence-corrected chi connectivity index (χ4v) is 1.99. The molecule has 0 fully saturated rings. The predicted octanol–water partition coefficient (Wildman–Crippen LogP) is 2.65. The molecule has 0 spiro atoms. The Morgan fingerprint density at radius 3 is 2.62 bits per heavy atom. The van der Waals surface area contributed by atoms with Crippen molar-refractivity contribution in [2.75, 3.05) is 11.9 Å². The number of hydrogen-bond donors (Lipinski definition) is 1. The molecular weight excluding hydrogens is 266 g/mol. The summed E-state index contributed by atoms with van der Waals surface area (Å²) in [7, 11) is 0. The highest BCUT2D eigenvalue weighted by molar-refractivity contribution is 5.91. The smallest absolute Gasteiger partial charge is 0.264 e. The Balaban J connectivity index is 1.68. The average Bonchev–Trinajstić information content (AvgIpc) is 2.54. The van der Waals surface area contributed by atoms with Crippen LogP contribution in [0.25, 0.3) is 10.8 Å². The lowest BCUT2D eigenvalue weighted by atomic mass is 10.1. The van der Waals surface area contributed by atoms with Crippen LogP contribution in [0.2, 0.25) is 0 Å². The number of amides is 1. The highest BCUT2D eigenvalue weighted by Gasteiger charge is 2.07. The van der Waals surface area contributed by atoms with E-state index < -0.39 is 0 Å². The van der Waals surface area contributed by atoms with E-state index in [1.54, 1.807) is 18.5 Å². The topological polar surface area (TPSA) is 64.1 Å². The quantitative estimate of drug-likeness (QED) is 0.797. The first-order chi connectivity index (χ1) is 10.3. The number of aromatic nitrogens is 2. The van der Waals surface area contributed by atoms with E-state index in [0.29, 0.717) is 5.75 Å². The summed E-state index contributed by atoms with van der Waals surface area (Å²) in [5, 5.41) is 4.62. The summed E-state index contributed by atoms with van der Waals surface area (Å²) in [6, 6.07) is 15.3. The number of carbonyl (C=O) groups excluding carboxylic acids is 1. The first-order valence-electron chi connectivity index (χ1n) is 6.50. The van der Waals surface area contributed by atoms with Crippen LogP contribution in [-0.4, -0.2) is 22.5 Å².